The minimum atomic E-state index is -0.190. The maximum Gasteiger partial charge on any atom is 0.225 e. The lowest BCUT2D eigenvalue weighted by Crippen LogP contribution is -2.49. The SMILES string of the molecule is NC(=O)C1CCC(C(=O)N2CCC[C@@H]3CCC[C@H]32)CC1. The first-order valence-corrected chi connectivity index (χ1v) is 8.26. The van der Waals surface area contributed by atoms with Crippen LogP contribution >= 0.6 is 0 Å². The van der Waals surface area contributed by atoms with Gasteiger partial charge in [0.25, 0.3) is 0 Å². The number of hydrogen-bond donors (Lipinski definition) is 1. The molecule has 3 aliphatic rings. The van der Waals surface area contributed by atoms with E-state index in [1.807, 2.05) is 0 Å². The molecule has 2 saturated carbocycles. The highest BCUT2D eigenvalue weighted by atomic mass is 16.2. The summed E-state index contributed by atoms with van der Waals surface area (Å²) in [5.41, 5.74) is 5.37. The van der Waals surface area contributed by atoms with Crippen molar-refractivity contribution in [1.82, 2.24) is 4.90 Å². The third-order valence-electron chi connectivity index (χ3n) is 5.76. The van der Waals surface area contributed by atoms with E-state index in [0.29, 0.717) is 11.9 Å². The molecule has 0 aromatic rings. The summed E-state index contributed by atoms with van der Waals surface area (Å²) in [6.07, 6.45) is 9.57. The highest BCUT2D eigenvalue weighted by molar-refractivity contribution is 5.81. The van der Waals surface area contributed by atoms with Crippen LogP contribution in [0.5, 0.6) is 0 Å². The predicted molar refractivity (Wildman–Crippen MR) is 76.7 cm³/mol. The van der Waals surface area contributed by atoms with Gasteiger partial charge in [-0.25, -0.2) is 0 Å². The molecule has 0 unspecified atom stereocenters. The molecule has 0 aromatic carbocycles. The molecule has 3 rings (SSSR count). The molecule has 1 saturated heterocycles. The molecular formula is C16H26N2O2. The van der Waals surface area contributed by atoms with Crippen LogP contribution in [0, 0.1) is 17.8 Å². The standard InChI is InChI=1S/C16H26N2O2/c17-15(19)12-6-8-13(9-7-12)16(20)18-10-2-4-11-3-1-5-14(11)18/h11-14H,1-10H2,(H2,17,19)/t11-,12?,13?,14+/m0/s1. The summed E-state index contributed by atoms with van der Waals surface area (Å²) in [6, 6.07) is 0.519. The number of hydrogen-bond acceptors (Lipinski definition) is 2. The fourth-order valence-corrected chi connectivity index (χ4v) is 4.59. The molecule has 2 N–H and O–H groups in total. The molecule has 2 amide bonds. The maximum absolute atomic E-state index is 12.8. The number of amides is 2. The van der Waals surface area contributed by atoms with Crippen molar-refractivity contribution in [2.75, 3.05) is 6.54 Å². The minimum absolute atomic E-state index is 0.000338. The van der Waals surface area contributed by atoms with Crippen LogP contribution in [0.25, 0.3) is 0 Å². The van der Waals surface area contributed by atoms with Crippen LogP contribution in [0.15, 0.2) is 0 Å². The van der Waals surface area contributed by atoms with E-state index in [4.69, 9.17) is 5.73 Å². The van der Waals surface area contributed by atoms with Crippen LogP contribution in [-0.4, -0.2) is 29.3 Å². The molecule has 1 aliphatic heterocycles. The van der Waals surface area contributed by atoms with Gasteiger partial charge in [-0.15, -0.1) is 0 Å². The van der Waals surface area contributed by atoms with E-state index in [-0.39, 0.29) is 17.7 Å². The molecule has 0 bridgehead atoms. The van der Waals surface area contributed by atoms with Crippen LogP contribution in [-0.2, 0) is 9.59 Å². The van der Waals surface area contributed by atoms with Gasteiger partial charge in [0.1, 0.15) is 0 Å². The molecule has 20 heavy (non-hydrogen) atoms. The first kappa shape index (κ1) is 13.9. The number of carbonyl (C=O) groups excluding carboxylic acids is 2. The van der Waals surface area contributed by atoms with E-state index >= 15 is 0 Å². The molecule has 4 nitrogen and oxygen atoms in total. The van der Waals surface area contributed by atoms with Crippen molar-refractivity contribution >= 4 is 11.8 Å². The summed E-state index contributed by atoms with van der Waals surface area (Å²) in [5, 5.41) is 0. The number of likely N-dealkylation sites (tertiary alicyclic amines) is 1. The quantitative estimate of drug-likeness (QED) is 0.840. The Morgan fingerprint density at radius 3 is 2.20 bits per heavy atom. The third-order valence-corrected chi connectivity index (χ3v) is 5.76. The topological polar surface area (TPSA) is 63.4 Å². The lowest BCUT2D eigenvalue weighted by atomic mass is 9.80. The largest absolute Gasteiger partial charge is 0.369 e. The second-order valence-corrected chi connectivity index (χ2v) is 6.88. The molecule has 2 aliphatic carbocycles. The first-order valence-electron chi connectivity index (χ1n) is 8.26. The van der Waals surface area contributed by atoms with Gasteiger partial charge in [0.2, 0.25) is 11.8 Å². The van der Waals surface area contributed by atoms with Gasteiger partial charge in [0.15, 0.2) is 0 Å². The molecule has 3 fully saturated rings. The Kier molecular flexibility index (Phi) is 3.99. The Balaban J connectivity index is 1.60. The Labute approximate surface area is 121 Å². The second kappa shape index (κ2) is 5.74. The molecule has 0 aromatic heterocycles. The van der Waals surface area contributed by atoms with Gasteiger partial charge < -0.3 is 10.6 Å². The van der Waals surface area contributed by atoms with Crippen LogP contribution < -0.4 is 5.73 Å². The third kappa shape index (κ3) is 2.57. The number of fused-ring (bicyclic) bond motifs is 1. The number of piperidine rings is 1. The van der Waals surface area contributed by atoms with Crippen LogP contribution in [0.3, 0.4) is 0 Å². The van der Waals surface area contributed by atoms with Crippen LogP contribution in [0.4, 0.5) is 0 Å². The maximum atomic E-state index is 12.8. The van der Waals surface area contributed by atoms with Crippen LogP contribution in [0.1, 0.15) is 57.8 Å². The predicted octanol–water partition coefficient (Wildman–Crippen LogP) is 2.07. The van der Waals surface area contributed by atoms with Gasteiger partial charge >= 0.3 is 0 Å². The van der Waals surface area contributed by atoms with Crippen LogP contribution in [0.2, 0.25) is 0 Å². The summed E-state index contributed by atoms with van der Waals surface area (Å²) in [7, 11) is 0. The molecule has 0 spiro atoms. The fourth-order valence-electron chi connectivity index (χ4n) is 4.59. The summed E-state index contributed by atoms with van der Waals surface area (Å²) in [6.45, 7) is 0.954. The van der Waals surface area contributed by atoms with Gasteiger partial charge in [-0.3, -0.25) is 9.59 Å². The summed E-state index contributed by atoms with van der Waals surface area (Å²) in [4.78, 5) is 26.2. The highest BCUT2D eigenvalue weighted by Crippen LogP contribution is 2.39. The average molecular weight is 278 g/mol. The average Bonchev–Trinajstić information content (AvgIpc) is 2.95. The Hall–Kier alpha value is -1.06. The van der Waals surface area contributed by atoms with E-state index in [1.54, 1.807) is 0 Å². The van der Waals surface area contributed by atoms with Crippen molar-refractivity contribution in [3.63, 3.8) is 0 Å². The fraction of sp³-hybridized carbons (Fsp3) is 0.875. The molecule has 1 heterocycles. The van der Waals surface area contributed by atoms with E-state index in [0.717, 1.165) is 38.1 Å². The summed E-state index contributed by atoms with van der Waals surface area (Å²) >= 11 is 0. The van der Waals surface area contributed by atoms with Gasteiger partial charge in [-0.2, -0.15) is 0 Å². The number of rotatable bonds is 2. The second-order valence-electron chi connectivity index (χ2n) is 6.88. The van der Waals surface area contributed by atoms with E-state index in [2.05, 4.69) is 4.90 Å². The minimum Gasteiger partial charge on any atom is -0.369 e. The van der Waals surface area contributed by atoms with Gasteiger partial charge in [-0.1, -0.05) is 6.42 Å². The summed E-state index contributed by atoms with van der Waals surface area (Å²) in [5.74, 6) is 1.08. The first-order chi connectivity index (χ1) is 9.66. The molecule has 4 heteroatoms. The molecule has 112 valence electrons. The van der Waals surface area contributed by atoms with E-state index in [9.17, 15) is 9.59 Å². The Morgan fingerprint density at radius 1 is 0.850 bits per heavy atom. The molecular weight excluding hydrogens is 252 g/mol. The zero-order valence-corrected chi connectivity index (χ0v) is 12.2. The van der Waals surface area contributed by atoms with Gasteiger partial charge in [0, 0.05) is 24.4 Å². The van der Waals surface area contributed by atoms with Gasteiger partial charge in [0.05, 0.1) is 0 Å². The summed E-state index contributed by atoms with van der Waals surface area (Å²) < 4.78 is 0. The Bertz CT molecular complexity index is 388. The number of nitrogens with two attached hydrogens (primary N) is 1. The van der Waals surface area contributed by atoms with E-state index < -0.39 is 0 Å². The van der Waals surface area contributed by atoms with Crippen molar-refractivity contribution < 1.29 is 9.59 Å². The van der Waals surface area contributed by atoms with Gasteiger partial charge in [-0.05, 0) is 57.3 Å². The molecule has 0 radical (unpaired) electrons. The normalized spacial score (nSPS) is 37.5. The Morgan fingerprint density at radius 2 is 1.50 bits per heavy atom. The monoisotopic (exact) mass is 278 g/mol. The smallest absolute Gasteiger partial charge is 0.225 e. The van der Waals surface area contributed by atoms with Crippen molar-refractivity contribution in [2.45, 2.75) is 63.8 Å². The zero-order chi connectivity index (χ0) is 14.1. The van der Waals surface area contributed by atoms with Crippen molar-refractivity contribution in [3.05, 3.63) is 0 Å². The van der Waals surface area contributed by atoms with Crippen molar-refractivity contribution in [3.8, 4) is 0 Å². The zero-order valence-electron chi connectivity index (χ0n) is 12.2. The van der Waals surface area contributed by atoms with E-state index in [1.165, 1.54) is 32.1 Å². The molecule has 2 atom stereocenters. The lowest BCUT2D eigenvalue weighted by molar-refractivity contribution is -0.142. The highest BCUT2D eigenvalue weighted by Gasteiger charge is 2.40. The van der Waals surface area contributed by atoms with Crippen molar-refractivity contribution in [2.24, 2.45) is 23.5 Å². The number of primary amides is 1. The van der Waals surface area contributed by atoms with Crippen molar-refractivity contribution in [1.29, 1.82) is 0 Å². The lowest BCUT2D eigenvalue weighted by Gasteiger charge is -2.40. The number of nitrogens with zero attached hydrogens (tertiary/aromatic N) is 1. The number of carbonyl (C=O) groups is 2.